The fourth-order valence-electron chi connectivity index (χ4n) is 2.41. The zero-order valence-electron chi connectivity index (χ0n) is 10.8. The Hall–Kier alpha value is -1.62. The Labute approximate surface area is 107 Å². The molecule has 1 aliphatic rings. The fraction of sp³-hybridized carbons (Fsp3) is 0.538. The molecule has 1 aromatic heterocycles. The Kier molecular flexibility index (Phi) is 3.81. The van der Waals surface area contributed by atoms with E-state index >= 15 is 0 Å². The van der Waals surface area contributed by atoms with E-state index in [0.717, 1.165) is 18.7 Å². The molecule has 1 saturated heterocycles. The van der Waals surface area contributed by atoms with Gasteiger partial charge in [0.15, 0.2) is 0 Å². The first-order chi connectivity index (χ1) is 8.67. The number of hydrogen-bond donors (Lipinski definition) is 1. The van der Waals surface area contributed by atoms with Gasteiger partial charge in [0.05, 0.1) is 18.8 Å². The van der Waals surface area contributed by atoms with Crippen LogP contribution in [0, 0.1) is 0 Å². The highest BCUT2D eigenvalue weighted by atomic mass is 16.5. The number of nitrogens with two attached hydrogens (primary N) is 1. The Morgan fingerprint density at radius 2 is 2.33 bits per heavy atom. The monoisotopic (exact) mass is 249 g/mol. The first kappa shape index (κ1) is 12.8. The second-order valence-corrected chi connectivity index (χ2v) is 4.50. The van der Waals surface area contributed by atoms with E-state index in [2.05, 4.69) is 4.98 Å². The molecule has 5 nitrogen and oxygen atoms in total. The summed E-state index contributed by atoms with van der Waals surface area (Å²) in [4.78, 5) is 18.1. The van der Waals surface area contributed by atoms with E-state index in [1.165, 1.54) is 0 Å². The van der Waals surface area contributed by atoms with Crippen molar-refractivity contribution in [3.05, 3.63) is 23.9 Å². The van der Waals surface area contributed by atoms with Crippen molar-refractivity contribution in [2.75, 3.05) is 13.7 Å². The van der Waals surface area contributed by atoms with E-state index in [0.29, 0.717) is 12.3 Å². The van der Waals surface area contributed by atoms with Gasteiger partial charge in [0.25, 0.3) is 0 Å². The summed E-state index contributed by atoms with van der Waals surface area (Å²) in [5.74, 6) is 0.662. The summed E-state index contributed by atoms with van der Waals surface area (Å²) in [7, 11) is 1.58. The van der Waals surface area contributed by atoms with Gasteiger partial charge in [0, 0.05) is 25.1 Å². The molecule has 1 aromatic rings. The third kappa shape index (κ3) is 2.31. The summed E-state index contributed by atoms with van der Waals surface area (Å²) in [6.07, 6.45) is 1.31. The van der Waals surface area contributed by atoms with Crippen LogP contribution in [0.2, 0.25) is 0 Å². The van der Waals surface area contributed by atoms with Crippen LogP contribution >= 0.6 is 0 Å². The van der Waals surface area contributed by atoms with E-state index < -0.39 is 0 Å². The zero-order chi connectivity index (χ0) is 13.1. The second kappa shape index (κ2) is 5.35. The number of nitrogens with zero attached hydrogens (tertiary/aromatic N) is 2. The average molecular weight is 249 g/mol. The molecule has 0 aromatic carbocycles. The molecule has 2 atom stereocenters. The molecule has 98 valence electrons. The van der Waals surface area contributed by atoms with Crippen LogP contribution < -0.4 is 10.5 Å². The number of likely N-dealkylation sites (tertiary alicyclic amines) is 1. The maximum atomic E-state index is 11.9. The maximum absolute atomic E-state index is 11.9. The van der Waals surface area contributed by atoms with Crippen molar-refractivity contribution >= 4 is 5.91 Å². The van der Waals surface area contributed by atoms with E-state index in [-0.39, 0.29) is 18.0 Å². The topological polar surface area (TPSA) is 68.5 Å². The van der Waals surface area contributed by atoms with Crippen LogP contribution in [0.25, 0.3) is 0 Å². The lowest BCUT2D eigenvalue weighted by molar-refractivity contribution is -0.129. The van der Waals surface area contributed by atoms with Crippen LogP contribution in [-0.2, 0) is 4.79 Å². The lowest BCUT2D eigenvalue weighted by Crippen LogP contribution is -2.34. The molecule has 0 saturated carbocycles. The summed E-state index contributed by atoms with van der Waals surface area (Å²) >= 11 is 0. The molecule has 1 aliphatic heterocycles. The smallest absolute Gasteiger partial charge is 0.224 e. The van der Waals surface area contributed by atoms with Gasteiger partial charge in [-0.15, -0.1) is 0 Å². The molecular weight excluding hydrogens is 230 g/mol. The van der Waals surface area contributed by atoms with Gasteiger partial charge in [0.1, 0.15) is 0 Å². The van der Waals surface area contributed by atoms with Crippen LogP contribution in [0.5, 0.6) is 5.88 Å². The van der Waals surface area contributed by atoms with Gasteiger partial charge in [-0.3, -0.25) is 4.79 Å². The van der Waals surface area contributed by atoms with Gasteiger partial charge < -0.3 is 15.4 Å². The first-order valence-corrected chi connectivity index (χ1v) is 6.23. The van der Waals surface area contributed by atoms with Gasteiger partial charge in [-0.1, -0.05) is 13.0 Å². The molecule has 0 bridgehead atoms. The predicted molar refractivity (Wildman–Crippen MR) is 68.1 cm³/mol. The summed E-state index contributed by atoms with van der Waals surface area (Å²) in [5.41, 5.74) is 6.88. The van der Waals surface area contributed by atoms with Crippen molar-refractivity contribution in [1.82, 2.24) is 9.88 Å². The minimum absolute atomic E-state index is 0.110. The van der Waals surface area contributed by atoms with Crippen molar-refractivity contribution < 1.29 is 9.53 Å². The predicted octanol–water partition coefficient (Wildman–Crippen LogP) is 1.10. The quantitative estimate of drug-likeness (QED) is 0.867. The normalized spacial score (nSPS) is 23.5. The molecular formula is C13H19N3O2. The van der Waals surface area contributed by atoms with Gasteiger partial charge >= 0.3 is 0 Å². The largest absolute Gasteiger partial charge is 0.481 e. The molecule has 5 heteroatoms. The van der Waals surface area contributed by atoms with E-state index in [1.54, 1.807) is 13.2 Å². The molecule has 1 amide bonds. The summed E-state index contributed by atoms with van der Waals surface area (Å²) < 4.78 is 5.12. The Morgan fingerprint density at radius 3 is 3.00 bits per heavy atom. The number of rotatable bonds is 4. The minimum atomic E-state index is -0.191. The molecule has 2 N–H and O–H groups in total. The summed E-state index contributed by atoms with van der Waals surface area (Å²) in [6, 6.07) is 5.24. The molecule has 18 heavy (non-hydrogen) atoms. The highest BCUT2D eigenvalue weighted by molar-refractivity contribution is 5.80. The average Bonchev–Trinajstić information content (AvgIpc) is 2.65. The van der Waals surface area contributed by atoms with Crippen molar-refractivity contribution in [2.24, 2.45) is 5.73 Å². The number of amides is 1. The van der Waals surface area contributed by atoms with Crippen molar-refractivity contribution in [1.29, 1.82) is 0 Å². The number of ether oxygens (including phenoxy) is 1. The number of aromatic nitrogens is 1. The van der Waals surface area contributed by atoms with E-state index in [1.807, 2.05) is 24.0 Å². The zero-order valence-corrected chi connectivity index (χ0v) is 10.8. The van der Waals surface area contributed by atoms with Crippen LogP contribution in [0.1, 0.15) is 31.5 Å². The van der Waals surface area contributed by atoms with E-state index in [4.69, 9.17) is 10.5 Å². The third-order valence-corrected chi connectivity index (χ3v) is 3.19. The van der Waals surface area contributed by atoms with Gasteiger partial charge in [-0.05, 0) is 12.5 Å². The maximum Gasteiger partial charge on any atom is 0.224 e. The van der Waals surface area contributed by atoms with Crippen molar-refractivity contribution in [2.45, 2.75) is 31.8 Å². The minimum Gasteiger partial charge on any atom is -0.481 e. The molecule has 1 fully saturated rings. The molecule has 2 rings (SSSR count). The molecule has 0 aliphatic carbocycles. The molecule has 0 spiro atoms. The number of carbonyl (C=O) groups excluding carboxylic acids is 1. The van der Waals surface area contributed by atoms with Gasteiger partial charge in [-0.2, -0.15) is 0 Å². The fourth-order valence-corrected chi connectivity index (χ4v) is 2.41. The van der Waals surface area contributed by atoms with Crippen molar-refractivity contribution in [3.8, 4) is 5.88 Å². The highest BCUT2D eigenvalue weighted by Crippen LogP contribution is 2.31. The van der Waals surface area contributed by atoms with Crippen LogP contribution in [0.15, 0.2) is 18.2 Å². The van der Waals surface area contributed by atoms with Crippen LogP contribution in [0.3, 0.4) is 0 Å². The SMILES string of the molecule is CCCN1C(=O)CC(N)C1c1cccc(OC)n1. The van der Waals surface area contributed by atoms with Gasteiger partial charge in [0.2, 0.25) is 11.8 Å². The molecule has 2 unspecified atom stereocenters. The Morgan fingerprint density at radius 1 is 1.56 bits per heavy atom. The first-order valence-electron chi connectivity index (χ1n) is 6.23. The molecule has 2 heterocycles. The standard InChI is InChI=1S/C13H19N3O2/c1-3-7-16-12(17)8-9(14)13(16)10-5-4-6-11(15-10)18-2/h4-6,9,13H,3,7-8,14H2,1-2H3. The summed E-state index contributed by atoms with van der Waals surface area (Å²) in [6.45, 7) is 2.77. The molecule has 0 radical (unpaired) electrons. The Bertz CT molecular complexity index is 436. The lowest BCUT2D eigenvalue weighted by Gasteiger charge is -2.26. The Balaban J connectivity index is 2.30. The number of methoxy groups -OCH3 is 1. The highest BCUT2D eigenvalue weighted by Gasteiger charge is 2.38. The number of hydrogen-bond acceptors (Lipinski definition) is 4. The second-order valence-electron chi connectivity index (χ2n) is 4.50. The van der Waals surface area contributed by atoms with Gasteiger partial charge in [-0.25, -0.2) is 4.98 Å². The third-order valence-electron chi connectivity index (χ3n) is 3.19. The lowest BCUT2D eigenvalue weighted by atomic mass is 10.1. The number of carbonyl (C=O) groups is 1. The van der Waals surface area contributed by atoms with Crippen LogP contribution in [0.4, 0.5) is 0 Å². The number of pyridine rings is 1. The van der Waals surface area contributed by atoms with E-state index in [9.17, 15) is 4.79 Å². The van der Waals surface area contributed by atoms with Crippen LogP contribution in [-0.4, -0.2) is 35.5 Å². The summed E-state index contributed by atoms with van der Waals surface area (Å²) in [5, 5.41) is 0. The van der Waals surface area contributed by atoms with Crippen molar-refractivity contribution in [3.63, 3.8) is 0 Å².